The summed E-state index contributed by atoms with van der Waals surface area (Å²) in [4.78, 5) is 10.8. The molecule has 0 radical (unpaired) electrons. The average Bonchev–Trinajstić information content (AvgIpc) is 2.78. The minimum absolute atomic E-state index is 0.223. The summed E-state index contributed by atoms with van der Waals surface area (Å²) >= 11 is 0. The van der Waals surface area contributed by atoms with Crippen LogP contribution in [-0.4, -0.2) is 44.0 Å². The Bertz CT molecular complexity index is 402. The van der Waals surface area contributed by atoms with Gasteiger partial charge in [-0.1, -0.05) is 0 Å². The predicted molar refractivity (Wildman–Crippen MR) is 64.7 cm³/mol. The van der Waals surface area contributed by atoms with Gasteiger partial charge in [0.1, 0.15) is 0 Å². The number of hydrogen-bond donors (Lipinski definition) is 2. The van der Waals surface area contributed by atoms with Gasteiger partial charge in [-0.2, -0.15) is 0 Å². The monoisotopic (exact) mass is 277 g/mol. The Labute approximate surface area is 107 Å². The fourth-order valence-electron chi connectivity index (χ4n) is 2.63. The van der Waals surface area contributed by atoms with Crippen LogP contribution in [0.25, 0.3) is 0 Å². The molecule has 0 aromatic rings. The fraction of sp³-hybridized carbons (Fsp3) is 0.909. The second kappa shape index (κ2) is 5.54. The molecule has 0 amide bonds. The minimum atomic E-state index is -3.34. The lowest BCUT2D eigenvalue weighted by atomic mass is 10.1. The topological polar surface area (TPSA) is 92.7 Å². The van der Waals surface area contributed by atoms with Gasteiger partial charge in [0.15, 0.2) is 0 Å². The van der Waals surface area contributed by atoms with E-state index < -0.39 is 27.2 Å². The molecule has 0 aromatic heterocycles. The number of carboxylic acids is 1. The summed E-state index contributed by atoms with van der Waals surface area (Å²) in [6.07, 6.45) is 2.60. The van der Waals surface area contributed by atoms with Crippen molar-refractivity contribution in [2.45, 2.75) is 43.4 Å². The van der Waals surface area contributed by atoms with Crippen molar-refractivity contribution >= 4 is 16.0 Å². The predicted octanol–water partition coefficient (Wildman–Crippen LogP) is 0.338. The van der Waals surface area contributed by atoms with E-state index in [2.05, 4.69) is 4.72 Å². The molecule has 0 bridgehead atoms. The Balaban J connectivity index is 1.90. The van der Waals surface area contributed by atoms with Crippen LogP contribution in [0.3, 0.4) is 0 Å². The Morgan fingerprint density at radius 3 is 2.39 bits per heavy atom. The molecular weight excluding hydrogens is 258 g/mol. The SMILES string of the molecule is O=C(O)[C@@H]1CC[C@H](NS(=O)(=O)C2CCOCC2)C1. The van der Waals surface area contributed by atoms with Crippen molar-refractivity contribution in [1.82, 2.24) is 4.72 Å². The van der Waals surface area contributed by atoms with Gasteiger partial charge >= 0.3 is 5.97 Å². The Kier molecular flexibility index (Phi) is 4.24. The summed E-state index contributed by atoms with van der Waals surface area (Å²) < 4.78 is 32.0. The molecule has 2 fully saturated rings. The van der Waals surface area contributed by atoms with Crippen molar-refractivity contribution in [3.05, 3.63) is 0 Å². The first-order valence-corrected chi connectivity index (χ1v) is 7.85. The second-order valence-corrected chi connectivity index (χ2v) is 7.01. The van der Waals surface area contributed by atoms with Crippen LogP contribution in [0.2, 0.25) is 0 Å². The van der Waals surface area contributed by atoms with E-state index in [4.69, 9.17) is 9.84 Å². The summed E-state index contributed by atoms with van der Waals surface area (Å²) in [6.45, 7) is 0.960. The van der Waals surface area contributed by atoms with Gasteiger partial charge in [0.05, 0.1) is 11.2 Å². The molecule has 18 heavy (non-hydrogen) atoms. The first kappa shape index (κ1) is 13.8. The van der Waals surface area contributed by atoms with Crippen molar-refractivity contribution < 1.29 is 23.1 Å². The van der Waals surface area contributed by atoms with Crippen molar-refractivity contribution in [3.8, 4) is 0 Å². The van der Waals surface area contributed by atoms with E-state index in [-0.39, 0.29) is 6.04 Å². The van der Waals surface area contributed by atoms with Crippen LogP contribution in [0.15, 0.2) is 0 Å². The zero-order valence-corrected chi connectivity index (χ0v) is 11.0. The van der Waals surface area contributed by atoms with E-state index in [0.29, 0.717) is 45.3 Å². The highest BCUT2D eigenvalue weighted by Gasteiger charge is 2.35. The molecule has 2 N–H and O–H groups in total. The highest BCUT2D eigenvalue weighted by molar-refractivity contribution is 7.90. The smallest absolute Gasteiger partial charge is 0.306 e. The molecule has 2 atom stereocenters. The molecule has 2 rings (SSSR count). The van der Waals surface area contributed by atoms with Crippen molar-refractivity contribution in [2.75, 3.05) is 13.2 Å². The standard InChI is InChI=1S/C11H19NO5S/c13-11(14)8-1-2-9(7-8)12-18(15,16)10-3-5-17-6-4-10/h8-10,12H,1-7H2,(H,13,14)/t8-,9+/m1/s1. The van der Waals surface area contributed by atoms with E-state index in [1.165, 1.54) is 0 Å². The Morgan fingerprint density at radius 1 is 1.17 bits per heavy atom. The fourth-order valence-corrected chi connectivity index (χ4v) is 4.31. The third-order valence-electron chi connectivity index (χ3n) is 3.72. The molecule has 6 nitrogen and oxygen atoms in total. The van der Waals surface area contributed by atoms with Crippen LogP contribution < -0.4 is 4.72 Å². The summed E-state index contributed by atoms with van der Waals surface area (Å²) in [6, 6.07) is -0.223. The summed E-state index contributed by atoms with van der Waals surface area (Å²) in [5.74, 6) is -1.24. The van der Waals surface area contributed by atoms with Crippen molar-refractivity contribution in [2.24, 2.45) is 5.92 Å². The maximum Gasteiger partial charge on any atom is 0.306 e. The second-order valence-electron chi connectivity index (χ2n) is 5.02. The number of rotatable bonds is 4. The number of nitrogens with one attached hydrogen (secondary N) is 1. The molecular formula is C11H19NO5S. The largest absolute Gasteiger partial charge is 0.481 e. The van der Waals surface area contributed by atoms with Gasteiger partial charge in [0, 0.05) is 19.3 Å². The normalized spacial score (nSPS) is 30.4. The lowest BCUT2D eigenvalue weighted by molar-refractivity contribution is -0.141. The van der Waals surface area contributed by atoms with E-state index in [9.17, 15) is 13.2 Å². The van der Waals surface area contributed by atoms with Gasteiger partial charge < -0.3 is 9.84 Å². The van der Waals surface area contributed by atoms with Gasteiger partial charge in [-0.3, -0.25) is 4.79 Å². The number of hydrogen-bond acceptors (Lipinski definition) is 4. The molecule has 104 valence electrons. The first-order chi connectivity index (χ1) is 8.49. The molecule has 0 aromatic carbocycles. The maximum absolute atomic E-state index is 12.1. The van der Waals surface area contributed by atoms with Crippen molar-refractivity contribution in [3.63, 3.8) is 0 Å². The zero-order chi connectivity index (χ0) is 13.2. The van der Waals surface area contributed by atoms with Gasteiger partial charge in [-0.05, 0) is 32.1 Å². The molecule has 0 unspecified atom stereocenters. The lowest BCUT2D eigenvalue weighted by Crippen LogP contribution is -2.42. The van der Waals surface area contributed by atoms with E-state index in [1.54, 1.807) is 0 Å². The van der Waals surface area contributed by atoms with Crippen molar-refractivity contribution in [1.29, 1.82) is 0 Å². The summed E-state index contributed by atoms with van der Waals surface area (Å²) in [7, 11) is -3.34. The highest BCUT2D eigenvalue weighted by Crippen LogP contribution is 2.27. The quantitative estimate of drug-likeness (QED) is 0.773. The molecule has 1 aliphatic carbocycles. The van der Waals surface area contributed by atoms with E-state index in [1.807, 2.05) is 0 Å². The number of aliphatic carboxylic acids is 1. The van der Waals surface area contributed by atoms with E-state index in [0.717, 1.165) is 0 Å². The maximum atomic E-state index is 12.1. The summed E-state index contributed by atoms with van der Waals surface area (Å²) in [5.41, 5.74) is 0. The van der Waals surface area contributed by atoms with E-state index >= 15 is 0 Å². The number of carboxylic acid groups (broad SMARTS) is 1. The van der Waals surface area contributed by atoms with Crippen LogP contribution >= 0.6 is 0 Å². The van der Waals surface area contributed by atoms with Gasteiger partial charge in [-0.25, -0.2) is 13.1 Å². The third-order valence-corrected chi connectivity index (χ3v) is 5.73. The molecule has 1 aliphatic heterocycles. The lowest BCUT2D eigenvalue weighted by Gasteiger charge is -2.24. The number of sulfonamides is 1. The Hall–Kier alpha value is -0.660. The van der Waals surface area contributed by atoms with Crippen LogP contribution in [-0.2, 0) is 19.6 Å². The number of carbonyl (C=O) groups is 1. The average molecular weight is 277 g/mol. The van der Waals surface area contributed by atoms with Gasteiger partial charge in [0.2, 0.25) is 10.0 Å². The molecule has 2 aliphatic rings. The molecule has 1 saturated carbocycles. The summed E-state index contributed by atoms with van der Waals surface area (Å²) in [5, 5.41) is 8.49. The number of ether oxygens (including phenoxy) is 1. The molecule has 1 heterocycles. The molecule has 1 saturated heterocycles. The van der Waals surface area contributed by atoms with Crippen LogP contribution in [0.5, 0.6) is 0 Å². The van der Waals surface area contributed by atoms with Crippen LogP contribution in [0.4, 0.5) is 0 Å². The van der Waals surface area contributed by atoms with Gasteiger partial charge in [0.25, 0.3) is 0 Å². The highest BCUT2D eigenvalue weighted by atomic mass is 32.2. The van der Waals surface area contributed by atoms with Crippen LogP contribution in [0.1, 0.15) is 32.1 Å². The minimum Gasteiger partial charge on any atom is -0.481 e. The van der Waals surface area contributed by atoms with Crippen LogP contribution in [0, 0.1) is 5.92 Å². The Morgan fingerprint density at radius 2 is 1.83 bits per heavy atom. The molecule has 7 heteroatoms. The van der Waals surface area contributed by atoms with Gasteiger partial charge in [-0.15, -0.1) is 0 Å². The molecule has 0 spiro atoms. The zero-order valence-electron chi connectivity index (χ0n) is 10.2. The first-order valence-electron chi connectivity index (χ1n) is 6.31. The third kappa shape index (κ3) is 3.21.